The molecule has 6 aromatic heterocycles. The lowest BCUT2D eigenvalue weighted by atomic mass is 10.0. The van der Waals surface area contributed by atoms with Crippen molar-refractivity contribution in [3.8, 4) is 56.9 Å². The molecule has 0 aliphatic rings. The fraction of sp³-hybridized carbons (Fsp3) is 0.104. The van der Waals surface area contributed by atoms with E-state index in [4.69, 9.17) is 15.0 Å². The van der Waals surface area contributed by atoms with Crippen LogP contribution in [0.25, 0.3) is 144 Å². The van der Waals surface area contributed by atoms with Crippen molar-refractivity contribution >= 4 is 87.2 Å². The van der Waals surface area contributed by atoms with Crippen LogP contribution >= 0.6 is 0 Å². The van der Waals surface area contributed by atoms with Gasteiger partial charge in [-0.25, -0.2) is 15.0 Å². The molecular formula is C77H59N7. The Balaban J connectivity index is 1.25. The van der Waals surface area contributed by atoms with E-state index in [2.05, 4.69) is 286 Å². The summed E-state index contributed by atoms with van der Waals surface area (Å²) in [6.45, 7) is 17.6. The maximum atomic E-state index is 6.55. The number of nitrogens with zero attached hydrogens (tertiary/aromatic N) is 7. The van der Waals surface area contributed by atoms with Gasteiger partial charge in [0.1, 0.15) is 11.4 Å². The van der Waals surface area contributed by atoms with Crippen LogP contribution in [-0.4, -0.2) is 33.2 Å². The van der Waals surface area contributed by atoms with Crippen LogP contribution in [-0.2, 0) is 0 Å². The first-order valence-electron chi connectivity index (χ1n) is 29.1. The van der Waals surface area contributed by atoms with Crippen LogP contribution in [0.4, 0.5) is 0 Å². The Morgan fingerprint density at radius 1 is 0.238 bits per heavy atom. The predicted octanol–water partition coefficient (Wildman–Crippen LogP) is 19.7. The van der Waals surface area contributed by atoms with Crippen LogP contribution in [0.3, 0.4) is 0 Å². The van der Waals surface area contributed by atoms with Gasteiger partial charge in [0.25, 0.3) is 0 Å². The van der Waals surface area contributed by atoms with Gasteiger partial charge in [-0.3, -0.25) is 9.13 Å². The molecule has 7 nitrogen and oxygen atoms in total. The minimum absolute atomic E-state index is 0.622. The molecule has 0 spiro atoms. The van der Waals surface area contributed by atoms with Gasteiger partial charge in [-0.2, -0.15) is 0 Å². The van der Waals surface area contributed by atoms with Crippen LogP contribution in [0.1, 0.15) is 44.5 Å². The molecule has 0 N–H and O–H groups in total. The van der Waals surface area contributed by atoms with Gasteiger partial charge >= 0.3 is 0 Å². The average Bonchev–Trinajstić information content (AvgIpc) is 1.66. The molecule has 0 radical (unpaired) electrons. The molecule has 0 bridgehead atoms. The molecule has 6 heterocycles. The first-order valence-corrected chi connectivity index (χ1v) is 29.1. The molecule has 0 saturated heterocycles. The van der Waals surface area contributed by atoms with Crippen LogP contribution in [0, 0.1) is 55.4 Å². The highest BCUT2D eigenvalue weighted by Gasteiger charge is 2.34. The Morgan fingerprint density at radius 3 is 0.798 bits per heavy atom. The van der Waals surface area contributed by atoms with Crippen molar-refractivity contribution in [3.63, 3.8) is 0 Å². The quantitative estimate of drug-likeness (QED) is 0.160. The highest BCUT2D eigenvalue weighted by Crippen LogP contribution is 2.50. The van der Waals surface area contributed by atoms with E-state index in [9.17, 15) is 0 Å². The zero-order valence-corrected chi connectivity index (χ0v) is 48.3. The molecule has 0 aliphatic heterocycles. The lowest BCUT2D eigenvalue weighted by molar-refractivity contribution is 0.958. The van der Waals surface area contributed by atoms with Gasteiger partial charge in [0, 0.05) is 54.2 Å². The van der Waals surface area contributed by atoms with Gasteiger partial charge in [-0.15, -0.1) is 0 Å². The van der Waals surface area contributed by atoms with Crippen molar-refractivity contribution in [1.29, 1.82) is 0 Å². The Morgan fingerprint density at radius 2 is 0.500 bits per heavy atom. The number of pyridine rings is 1. The van der Waals surface area contributed by atoms with Crippen molar-refractivity contribution in [2.45, 2.75) is 55.4 Å². The van der Waals surface area contributed by atoms with Gasteiger partial charge in [-0.1, -0.05) is 154 Å². The van der Waals surface area contributed by atoms with E-state index in [1.807, 2.05) is 0 Å². The largest absolute Gasteiger partial charge is 0.305 e. The minimum atomic E-state index is 0.622. The molecule has 0 saturated carbocycles. The van der Waals surface area contributed by atoms with E-state index in [0.717, 1.165) is 117 Å². The second-order valence-electron chi connectivity index (χ2n) is 23.5. The van der Waals surface area contributed by atoms with Crippen LogP contribution in [0.15, 0.2) is 212 Å². The molecule has 7 heteroatoms. The first-order chi connectivity index (χ1) is 40.9. The summed E-state index contributed by atoms with van der Waals surface area (Å²) in [7, 11) is 0. The molecule has 0 unspecified atom stereocenters. The molecule has 0 amide bonds. The summed E-state index contributed by atoms with van der Waals surface area (Å²) in [5, 5.41) is 9.32. The monoisotopic (exact) mass is 1080 g/mol. The minimum Gasteiger partial charge on any atom is -0.305 e. The van der Waals surface area contributed by atoms with E-state index in [1.54, 1.807) is 0 Å². The number of fused-ring (bicyclic) bond motifs is 12. The van der Waals surface area contributed by atoms with Crippen LogP contribution < -0.4 is 0 Å². The molecule has 0 atom stereocenters. The molecule has 0 aliphatic carbocycles. The summed E-state index contributed by atoms with van der Waals surface area (Å²) in [5.74, 6) is 2.15. The third kappa shape index (κ3) is 7.54. The number of hydrogen-bond acceptors (Lipinski definition) is 3. The fourth-order valence-corrected chi connectivity index (χ4v) is 13.5. The number of rotatable bonds is 7. The second-order valence-corrected chi connectivity index (χ2v) is 23.5. The zero-order chi connectivity index (χ0) is 56.8. The molecule has 402 valence electrons. The van der Waals surface area contributed by atoms with Crippen LogP contribution in [0.2, 0.25) is 0 Å². The first kappa shape index (κ1) is 49.4. The molecule has 10 aromatic carbocycles. The number of aromatic nitrogens is 7. The van der Waals surface area contributed by atoms with Crippen molar-refractivity contribution < 1.29 is 0 Å². The Hall–Kier alpha value is -10.4. The Labute approximate surface area is 487 Å². The summed E-state index contributed by atoms with van der Waals surface area (Å²) < 4.78 is 9.94. The SMILES string of the molecule is Cc1ccc2c(c1)c1cc(C)ccc1n2-c1nc(-n2c3ccc(C)cc3c3cc(C)ccc32)c(-n2c3ccc(C)cc3c3cc(C)ccc32)c(-c2cc(-c3ccccc3)nc(-c3ccccc3)n2)c1-n1c2ccc(C)cc2c2cc(C)ccc21. The summed E-state index contributed by atoms with van der Waals surface area (Å²) >= 11 is 0. The summed E-state index contributed by atoms with van der Waals surface area (Å²) in [4.78, 5) is 18.0. The second kappa shape index (κ2) is 18.6. The lowest BCUT2D eigenvalue weighted by Crippen LogP contribution is -2.16. The molecular weight excluding hydrogens is 1020 g/mol. The van der Waals surface area contributed by atoms with Crippen molar-refractivity contribution in [1.82, 2.24) is 33.2 Å². The molecule has 16 rings (SSSR count). The summed E-state index contributed by atoms with van der Waals surface area (Å²) in [6.07, 6.45) is 0. The smallest absolute Gasteiger partial charge is 0.165 e. The van der Waals surface area contributed by atoms with Crippen LogP contribution in [0.5, 0.6) is 0 Å². The van der Waals surface area contributed by atoms with Gasteiger partial charge in [0.2, 0.25) is 0 Å². The van der Waals surface area contributed by atoms with Crippen molar-refractivity contribution in [3.05, 3.63) is 257 Å². The highest BCUT2D eigenvalue weighted by atomic mass is 15.2. The number of aryl methyl sites for hydroxylation is 8. The summed E-state index contributed by atoms with van der Waals surface area (Å²) in [5.41, 5.74) is 24.1. The maximum Gasteiger partial charge on any atom is 0.165 e. The van der Waals surface area contributed by atoms with E-state index >= 15 is 0 Å². The predicted molar refractivity (Wildman–Crippen MR) is 351 cm³/mol. The molecule has 0 fully saturated rings. The van der Waals surface area contributed by atoms with E-state index in [0.29, 0.717) is 5.82 Å². The summed E-state index contributed by atoms with van der Waals surface area (Å²) in [6, 6.07) is 78.5. The van der Waals surface area contributed by atoms with Gasteiger partial charge < -0.3 is 9.13 Å². The van der Waals surface area contributed by atoms with E-state index < -0.39 is 0 Å². The topological polar surface area (TPSA) is 58.4 Å². The normalized spacial score (nSPS) is 12.0. The highest BCUT2D eigenvalue weighted by molar-refractivity contribution is 6.16. The molecule has 84 heavy (non-hydrogen) atoms. The third-order valence-electron chi connectivity index (χ3n) is 17.4. The Kier molecular flexibility index (Phi) is 10.9. The van der Waals surface area contributed by atoms with Crippen molar-refractivity contribution in [2.75, 3.05) is 0 Å². The van der Waals surface area contributed by atoms with Gasteiger partial charge in [0.05, 0.1) is 61.1 Å². The fourth-order valence-electron chi connectivity index (χ4n) is 13.5. The van der Waals surface area contributed by atoms with E-state index in [-0.39, 0.29) is 0 Å². The zero-order valence-electron chi connectivity index (χ0n) is 48.3. The lowest BCUT2D eigenvalue weighted by Gasteiger charge is -2.27. The molecule has 16 aromatic rings. The third-order valence-corrected chi connectivity index (χ3v) is 17.4. The van der Waals surface area contributed by atoms with E-state index in [1.165, 1.54) is 66.1 Å². The number of benzene rings is 10. The maximum absolute atomic E-state index is 6.55. The Bertz CT molecular complexity index is 4890. The van der Waals surface area contributed by atoms with Gasteiger partial charge in [-0.05, 0) is 159 Å². The van der Waals surface area contributed by atoms with Gasteiger partial charge in [0.15, 0.2) is 17.5 Å². The number of hydrogen-bond donors (Lipinski definition) is 0. The average molecular weight is 1080 g/mol. The standard InChI is InChI=1S/C77H59N7/c1-44-19-27-64-54(35-44)55-36-45(2)20-28-65(55)81(64)73-72(63-43-62(52-15-11-9-12-16-52)78-75(79-63)53-17-13-10-14-18-53)74(82-66-29-21-46(3)37-56(66)57-38-47(4)22-30-67(57)82)77(84-70-33-25-50(7)41-60(70)61-42-51(8)26-34-71(61)84)80-76(73)83-68-31-23-48(5)39-58(68)59-40-49(6)24-32-69(59)83/h9-43H,1-8H3. The van der Waals surface area contributed by atoms with Crippen molar-refractivity contribution in [2.24, 2.45) is 0 Å².